The zero-order valence-corrected chi connectivity index (χ0v) is 33.2. The summed E-state index contributed by atoms with van der Waals surface area (Å²) in [5, 5.41) is 11.6. The van der Waals surface area contributed by atoms with Crippen molar-refractivity contribution in [1.82, 2.24) is 4.57 Å². The van der Waals surface area contributed by atoms with Crippen LogP contribution in [-0.4, -0.2) is 36.1 Å². The summed E-state index contributed by atoms with van der Waals surface area (Å²) in [4.78, 5) is 54.3. The summed E-state index contributed by atoms with van der Waals surface area (Å²) < 4.78 is 101. The molecule has 7 aromatic carbocycles. The van der Waals surface area contributed by atoms with E-state index in [1.54, 1.807) is 24.3 Å². The van der Waals surface area contributed by atoms with Crippen LogP contribution in [0.25, 0.3) is 71.4 Å². The Morgan fingerprint density at radius 3 is 1.66 bits per heavy atom. The summed E-state index contributed by atoms with van der Waals surface area (Å²) in [6.45, 7) is 0. The van der Waals surface area contributed by atoms with Crippen LogP contribution < -0.4 is 20.6 Å². The second-order valence-corrected chi connectivity index (χ2v) is 14.9. The lowest BCUT2D eigenvalue weighted by molar-refractivity contribution is -0.138. The number of para-hydroxylation sites is 1. The number of alkyl halides is 6. The molecule has 0 aliphatic carbocycles. The van der Waals surface area contributed by atoms with E-state index < -0.39 is 46.5 Å². The van der Waals surface area contributed by atoms with Crippen LogP contribution in [0.2, 0.25) is 0 Å². The molecule has 0 aliphatic rings. The highest BCUT2D eigenvalue weighted by Crippen LogP contribution is 2.47. The summed E-state index contributed by atoms with van der Waals surface area (Å²) in [5.41, 5.74) is -1.61. The smallest absolute Gasteiger partial charge is 0.416 e. The molecule has 1 N–H and O–H groups in total. The Balaban J connectivity index is 1.34. The van der Waals surface area contributed by atoms with Crippen LogP contribution in [0, 0.1) is 0 Å². The van der Waals surface area contributed by atoms with Crippen molar-refractivity contribution in [3.8, 4) is 39.4 Å². The maximum Gasteiger partial charge on any atom is 0.416 e. The van der Waals surface area contributed by atoms with E-state index in [1.807, 2.05) is 0 Å². The number of halogens is 6. The van der Waals surface area contributed by atoms with Gasteiger partial charge in [0, 0.05) is 37.9 Å². The Labute approximate surface area is 356 Å². The number of carbonyl (C=O) groups is 2. The summed E-state index contributed by atoms with van der Waals surface area (Å²) in [5.74, 6) is -2.50. The Kier molecular flexibility index (Phi) is 9.80. The predicted molar refractivity (Wildman–Crippen MR) is 227 cm³/mol. The Bertz CT molecular complexity index is 3410. The molecule has 9 nitrogen and oxygen atoms in total. The quantitative estimate of drug-likeness (QED) is 0.0658. The van der Waals surface area contributed by atoms with E-state index in [-0.39, 0.29) is 77.7 Å². The third-order valence-electron chi connectivity index (χ3n) is 11.4. The monoisotopic (exact) mass is 873 g/mol. The van der Waals surface area contributed by atoms with Crippen LogP contribution in [-0.2, 0) is 17.1 Å². The van der Waals surface area contributed by atoms with E-state index in [2.05, 4.69) is 0 Å². The van der Waals surface area contributed by atoms with Gasteiger partial charge in [-0.15, -0.1) is 0 Å². The Morgan fingerprint density at radius 1 is 0.641 bits per heavy atom. The van der Waals surface area contributed by atoms with Gasteiger partial charge in [0.05, 0.1) is 36.6 Å². The number of carbonyl (C=O) groups excluding carboxylic acids is 1. The van der Waals surface area contributed by atoms with E-state index in [0.29, 0.717) is 28.2 Å². The number of aromatic nitrogens is 1. The van der Waals surface area contributed by atoms with E-state index in [9.17, 15) is 50.6 Å². The van der Waals surface area contributed by atoms with Gasteiger partial charge in [0.15, 0.2) is 6.29 Å². The second-order valence-electron chi connectivity index (χ2n) is 14.9. The van der Waals surface area contributed by atoms with Crippen LogP contribution in [0.5, 0.6) is 11.5 Å². The minimum atomic E-state index is -4.66. The first kappa shape index (κ1) is 41.4. The van der Waals surface area contributed by atoms with Crippen molar-refractivity contribution in [2.75, 3.05) is 14.2 Å². The number of carboxylic acid groups (broad SMARTS) is 1. The highest BCUT2D eigenvalue weighted by molar-refractivity contribution is 6.32. The molecule has 1 atom stereocenters. The molecule has 2 aromatic heterocycles. The number of methoxy groups -OCH3 is 2. The number of ether oxygens (including phenoxy) is 2. The second kappa shape index (κ2) is 15.1. The third-order valence-corrected chi connectivity index (χ3v) is 11.4. The van der Waals surface area contributed by atoms with Gasteiger partial charge < -0.3 is 19.0 Å². The normalized spacial score (nSPS) is 12.6. The SMILES string of the molecule is COc1cc(C(C(=O)O)c2ccc(-n3c(=O)c4cc(-c5ccc(C(F)(F)F)cc5)c5oc6ccccc6c6c(-c7ccc(C(F)(F)F)cc7)cc(c3=O)c4c56)cc2)cc(OC)c1C=O. The van der Waals surface area contributed by atoms with Gasteiger partial charge in [-0.1, -0.05) is 54.6 Å². The fourth-order valence-corrected chi connectivity index (χ4v) is 8.42. The highest BCUT2D eigenvalue weighted by atomic mass is 19.4. The van der Waals surface area contributed by atoms with Gasteiger partial charge in [0.1, 0.15) is 28.6 Å². The van der Waals surface area contributed by atoms with Gasteiger partial charge in [-0.05, 0) is 94.5 Å². The Morgan fingerprint density at radius 2 is 1.16 bits per heavy atom. The number of hydrogen-bond acceptors (Lipinski definition) is 7. The fraction of sp³-hybridized carbons (Fsp3) is 0.102. The molecular formula is C49H29F6NO8. The molecule has 9 aromatic rings. The summed E-state index contributed by atoms with van der Waals surface area (Å²) >= 11 is 0. The van der Waals surface area contributed by atoms with Crippen LogP contribution >= 0.6 is 0 Å². The minimum Gasteiger partial charge on any atom is -0.496 e. The average Bonchev–Trinajstić information content (AvgIpc) is 3.28. The number of fused-ring (bicyclic) bond motifs is 2. The first-order valence-electron chi connectivity index (χ1n) is 19.3. The van der Waals surface area contributed by atoms with Crippen LogP contribution in [0.1, 0.15) is 38.5 Å². The maximum atomic E-state index is 14.9. The van der Waals surface area contributed by atoms with Crippen LogP contribution in [0.3, 0.4) is 0 Å². The van der Waals surface area contributed by atoms with Gasteiger partial charge in [-0.25, -0.2) is 4.57 Å². The van der Waals surface area contributed by atoms with Crippen molar-refractivity contribution in [2.24, 2.45) is 0 Å². The van der Waals surface area contributed by atoms with E-state index in [0.717, 1.165) is 28.8 Å². The average molecular weight is 874 g/mol. The van der Waals surface area contributed by atoms with Crippen molar-refractivity contribution in [1.29, 1.82) is 0 Å². The first-order valence-corrected chi connectivity index (χ1v) is 19.3. The molecule has 0 saturated heterocycles. The summed E-state index contributed by atoms with van der Waals surface area (Å²) in [7, 11) is 2.61. The number of hydrogen-bond donors (Lipinski definition) is 1. The lowest BCUT2D eigenvalue weighted by atomic mass is 9.87. The third kappa shape index (κ3) is 6.67. The number of aldehydes is 1. The van der Waals surface area contributed by atoms with Crippen LogP contribution in [0.4, 0.5) is 26.3 Å². The topological polar surface area (TPSA) is 125 Å². The van der Waals surface area contributed by atoms with Gasteiger partial charge in [0.2, 0.25) is 0 Å². The molecule has 0 aliphatic heterocycles. The molecule has 0 amide bonds. The lowest BCUT2D eigenvalue weighted by Gasteiger charge is -2.20. The fourth-order valence-electron chi connectivity index (χ4n) is 8.42. The van der Waals surface area contributed by atoms with Crippen molar-refractivity contribution in [2.45, 2.75) is 18.3 Å². The molecular weight excluding hydrogens is 845 g/mol. The van der Waals surface area contributed by atoms with E-state index in [4.69, 9.17) is 13.9 Å². The molecule has 0 spiro atoms. The van der Waals surface area contributed by atoms with Crippen molar-refractivity contribution >= 4 is 55.7 Å². The predicted octanol–water partition coefficient (Wildman–Crippen LogP) is 11.3. The molecule has 64 heavy (non-hydrogen) atoms. The Hall–Kier alpha value is -7.94. The van der Waals surface area contributed by atoms with Gasteiger partial charge in [0.25, 0.3) is 11.1 Å². The molecule has 0 saturated carbocycles. The molecule has 0 bridgehead atoms. The summed E-state index contributed by atoms with van der Waals surface area (Å²) in [6, 6.07) is 26.5. The molecule has 9 rings (SSSR count). The number of nitrogens with zero attached hydrogens (tertiary/aromatic N) is 1. The maximum absolute atomic E-state index is 14.9. The van der Waals surface area contributed by atoms with Crippen molar-refractivity contribution in [3.05, 3.63) is 170 Å². The standard InChI is InChI=1S/C49H29F6NO8/c1-62-38-19-27(20-39(63-2)36(38)23-57)40(47(60)61)26-11-17-30(18-12-26)56-45(58)34-21-32(24-7-13-28(14-8-24)48(50,51)52)41-31-5-3-4-6-37(31)64-44-33(22-35(46(56)59)42(34)43(41)44)25-9-15-29(16-10-25)49(53,54)55/h3-23,40H,1-2H3,(H,60,61). The van der Waals surface area contributed by atoms with Crippen molar-refractivity contribution < 1.29 is 54.9 Å². The first-order chi connectivity index (χ1) is 30.5. The molecule has 1 unspecified atom stereocenters. The highest BCUT2D eigenvalue weighted by Gasteiger charge is 2.33. The lowest BCUT2D eigenvalue weighted by Crippen LogP contribution is -2.32. The van der Waals surface area contributed by atoms with Gasteiger partial charge in [-0.3, -0.25) is 19.2 Å². The van der Waals surface area contributed by atoms with Crippen molar-refractivity contribution in [3.63, 3.8) is 0 Å². The summed E-state index contributed by atoms with van der Waals surface area (Å²) in [6.07, 6.45) is -8.80. The molecule has 0 radical (unpaired) electrons. The molecule has 2 heterocycles. The van der Waals surface area contributed by atoms with Crippen LogP contribution in [0.15, 0.2) is 135 Å². The number of carboxylic acids is 1. The zero-order chi connectivity index (χ0) is 45.4. The molecule has 320 valence electrons. The number of pyridine rings is 1. The van der Waals surface area contributed by atoms with E-state index >= 15 is 0 Å². The molecule has 0 fully saturated rings. The largest absolute Gasteiger partial charge is 0.496 e. The minimum absolute atomic E-state index is 0.0159. The zero-order valence-electron chi connectivity index (χ0n) is 33.2. The van der Waals surface area contributed by atoms with E-state index in [1.165, 1.54) is 87.0 Å². The van der Waals surface area contributed by atoms with Gasteiger partial charge >= 0.3 is 18.3 Å². The molecule has 15 heteroatoms. The number of benzene rings is 7. The number of aliphatic carboxylic acids is 1. The number of rotatable bonds is 9. The van der Waals surface area contributed by atoms with Gasteiger partial charge in [-0.2, -0.15) is 26.3 Å².